The van der Waals surface area contributed by atoms with Gasteiger partial charge in [-0.3, -0.25) is 4.55 Å². The van der Waals surface area contributed by atoms with Gasteiger partial charge in [0.1, 0.15) is 27.7 Å². The number of hydrogen-bond donors (Lipinski definition) is 4. The molecule has 4 N–H and O–H groups in total. The van der Waals surface area contributed by atoms with Gasteiger partial charge in [-0.2, -0.15) is 34.0 Å². The number of hydrogen-bond acceptors (Lipinski definition) is 13. The number of azo groups is 4. The molecule has 288 valence electrons. The van der Waals surface area contributed by atoms with Crippen molar-refractivity contribution in [1.82, 2.24) is 0 Å². The summed E-state index contributed by atoms with van der Waals surface area (Å²) in [6.07, 6.45) is 0. The van der Waals surface area contributed by atoms with Crippen LogP contribution >= 0.6 is 0 Å². The van der Waals surface area contributed by atoms with Crippen LogP contribution < -0.4 is 5.32 Å². The Bertz CT molecular complexity index is 2920. The molecule has 0 aliphatic rings. The number of para-hydroxylation sites is 1. The number of benzene rings is 7. The molecule has 0 aliphatic carbocycles. The zero-order chi connectivity index (χ0) is 40.8. The lowest BCUT2D eigenvalue weighted by molar-refractivity contribution is 0.475. The van der Waals surface area contributed by atoms with Crippen LogP contribution in [0.2, 0.25) is 0 Å². The van der Waals surface area contributed by atoms with E-state index in [1.807, 2.05) is 81.4 Å². The Morgan fingerprint density at radius 2 is 1.02 bits per heavy atom. The maximum Gasteiger partial charge on any atom is 0.296 e. The number of phenolic OH excluding ortho intramolecular Hbond substituents is 2. The third kappa shape index (κ3) is 9.13. The number of phenols is 2. The predicted molar refractivity (Wildman–Crippen MR) is 223 cm³/mol. The molecule has 0 radical (unpaired) electrons. The van der Waals surface area contributed by atoms with Crippen LogP contribution in [-0.4, -0.2) is 23.2 Å². The molecule has 0 spiro atoms. The van der Waals surface area contributed by atoms with Crippen molar-refractivity contribution in [3.8, 4) is 11.5 Å². The lowest BCUT2D eigenvalue weighted by atomic mass is 10.1. The van der Waals surface area contributed by atoms with Crippen molar-refractivity contribution in [1.29, 1.82) is 0 Å². The van der Waals surface area contributed by atoms with Gasteiger partial charge in [-0.05, 0) is 134 Å². The molecule has 7 rings (SSSR count). The van der Waals surface area contributed by atoms with Crippen LogP contribution in [0.1, 0.15) is 16.7 Å². The fraction of sp³-hybridized carbons (Fsp3) is 0.0698. The molecule has 0 heterocycles. The number of rotatable bonds is 11. The Morgan fingerprint density at radius 3 is 1.69 bits per heavy atom. The summed E-state index contributed by atoms with van der Waals surface area (Å²) in [5.74, 6) is -0.173. The van der Waals surface area contributed by atoms with Gasteiger partial charge >= 0.3 is 0 Å². The van der Waals surface area contributed by atoms with Crippen LogP contribution in [0.3, 0.4) is 0 Å². The summed E-state index contributed by atoms with van der Waals surface area (Å²) in [7, 11) is -4.45. The Labute approximate surface area is 333 Å². The quantitative estimate of drug-likeness (QED) is 0.0740. The van der Waals surface area contributed by atoms with Crippen molar-refractivity contribution in [3.05, 3.63) is 150 Å². The summed E-state index contributed by atoms with van der Waals surface area (Å²) in [5, 5.41) is 60.6. The first-order valence-electron chi connectivity index (χ1n) is 17.8. The SMILES string of the molecule is Cc1cc(N=Nc2cc(O)c(N=Nc3ccc4cc(Nc5ccccc5)ccc4c3O)cc2C)ccc1N=Nc1ccc(N=Nc2ccccc2S(=O)(=O)O)c(C)c1. The van der Waals surface area contributed by atoms with Crippen LogP contribution in [0.25, 0.3) is 10.8 Å². The fourth-order valence-corrected chi connectivity index (χ4v) is 6.45. The summed E-state index contributed by atoms with van der Waals surface area (Å²) in [6.45, 7) is 5.50. The van der Waals surface area contributed by atoms with Crippen LogP contribution in [0, 0.1) is 20.8 Å². The molecule has 58 heavy (non-hydrogen) atoms. The highest BCUT2D eigenvalue weighted by molar-refractivity contribution is 7.86. The van der Waals surface area contributed by atoms with Gasteiger partial charge in [0.2, 0.25) is 0 Å². The number of aromatic hydroxyl groups is 2. The third-order valence-electron chi connectivity index (χ3n) is 8.91. The number of nitrogens with one attached hydrogen (secondary N) is 1. The second-order valence-electron chi connectivity index (χ2n) is 13.2. The van der Waals surface area contributed by atoms with Gasteiger partial charge in [-0.25, -0.2) is 0 Å². The molecule has 0 atom stereocenters. The third-order valence-corrected chi connectivity index (χ3v) is 9.81. The Balaban J connectivity index is 1.000. The Hall–Kier alpha value is -7.49. The van der Waals surface area contributed by atoms with Gasteiger partial charge in [0, 0.05) is 22.8 Å². The molecule has 0 amide bonds. The zero-order valence-electron chi connectivity index (χ0n) is 31.3. The Morgan fingerprint density at radius 1 is 0.466 bits per heavy atom. The first-order chi connectivity index (χ1) is 27.9. The van der Waals surface area contributed by atoms with Crippen LogP contribution in [0.4, 0.5) is 56.9 Å². The van der Waals surface area contributed by atoms with Crippen molar-refractivity contribution in [2.24, 2.45) is 40.9 Å². The smallest absolute Gasteiger partial charge is 0.296 e. The average molecular weight is 790 g/mol. The van der Waals surface area contributed by atoms with E-state index in [9.17, 15) is 23.2 Å². The van der Waals surface area contributed by atoms with Crippen LogP contribution in [0.5, 0.6) is 11.5 Å². The second-order valence-corrected chi connectivity index (χ2v) is 14.6. The number of fused-ring (bicyclic) bond motifs is 1. The van der Waals surface area contributed by atoms with Gasteiger partial charge in [0.05, 0.1) is 28.4 Å². The number of aryl methyl sites for hydroxylation is 3. The van der Waals surface area contributed by atoms with Crippen molar-refractivity contribution in [2.75, 3.05) is 5.32 Å². The predicted octanol–water partition coefficient (Wildman–Crippen LogP) is 13.8. The van der Waals surface area contributed by atoms with E-state index in [-0.39, 0.29) is 33.5 Å². The highest BCUT2D eigenvalue weighted by Gasteiger charge is 2.15. The molecule has 14 nitrogen and oxygen atoms in total. The molecule has 7 aromatic carbocycles. The van der Waals surface area contributed by atoms with E-state index >= 15 is 0 Å². The molecule has 0 fully saturated rings. The molecule has 0 saturated heterocycles. The molecular formula is C43H35N9O5S. The first-order valence-corrected chi connectivity index (χ1v) is 19.2. The lowest BCUT2D eigenvalue weighted by Gasteiger charge is -2.09. The van der Waals surface area contributed by atoms with E-state index < -0.39 is 10.1 Å². The fourth-order valence-electron chi connectivity index (χ4n) is 5.83. The lowest BCUT2D eigenvalue weighted by Crippen LogP contribution is -1.97. The summed E-state index contributed by atoms with van der Waals surface area (Å²) in [6, 6.07) is 38.3. The molecule has 0 aliphatic heterocycles. The first kappa shape index (κ1) is 38.8. The largest absolute Gasteiger partial charge is 0.506 e. The molecule has 0 saturated carbocycles. The summed E-state index contributed by atoms with van der Waals surface area (Å²) in [5.41, 5.74) is 7.22. The molecule has 0 unspecified atom stereocenters. The molecular weight excluding hydrogens is 755 g/mol. The number of anilines is 2. The average Bonchev–Trinajstić information content (AvgIpc) is 3.20. The van der Waals surface area contributed by atoms with E-state index in [1.165, 1.54) is 24.3 Å². The van der Waals surface area contributed by atoms with E-state index in [4.69, 9.17) is 0 Å². The maximum absolute atomic E-state index is 11.7. The standard InChI is InChI=1S/C43H35N9O5S/c1-26-21-33(15-19-35(26)47-45-32-16-20-36(27(2)22-32)48-49-37-11-7-8-12-42(37)58(55,56)57)46-51-39-25-41(53)40(23-28(39)3)52-50-38-18-13-29-24-31(14-17-34(29)43(38)54)44-30-9-5-4-6-10-30/h4-25,44,53-54H,1-3H3,(H,55,56,57). The van der Waals surface area contributed by atoms with E-state index in [0.29, 0.717) is 39.4 Å². The number of nitrogens with zero attached hydrogens (tertiary/aromatic N) is 8. The summed E-state index contributed by atoms with van der Waals surface area (Å²) in [4.78, 5) is -0.333. The van der Waals surface area contributed by atoms with E-state index in [0.717, 1.165) is 27.9 Å². The van der Waals surface area contributed by atoms with Crippen molar-refractivity contribution in [2.45, 2.75) is 25.7 Å². The van der Waals surface area contributed by atoms with Gasteiger partial charge in [-0.15, -0.1) is 15.3 Å². The minimum atomic E-state index is -4.45. The van der Waals surface area contributed by atoms with Gasteiger partial charge in [0.25, 0.3) is 10.1 Å². The zero-order valence-corrected chi connectivity index (χ0v) is 32.2. The topological polar surface area (TPSA) is 206 Å². The summed E-state index contributed by atoms with van der Waals surface area (Å²) < 4.78 is 32.8. The molecule has 0 aromatic heterocycles. The van der Waals surface area contributed by atoms with E-state index in [2.05, 4.69) is 46.2 Å². The van der Waals surface area contributed by atoms with Crippen molar-refractivity contribution >= 4 is 77.8 Å². The monoisotopic (exact) mass is 789 g/mol. The highest BCUT2D eigenvalue weighted by Crippen LogP contribution is 2.40. The van der Waals surface area contributed by atoms with Gasteiger partial charge in [0.15, 0.2) is 5.75 Å². The minimum Gasteiger partial charge on any atom is -0.506 e. The minimum absolute atomic E-state index is 0.0173. The highest BCUT2D eigenvalue weighted by atomic mass is 32.2. The normalized spacial score (nSPS) is 12.1. The molecule has 15 heteroatoms. The van der Waals surface area contributed by atoms with Gasteiger partial charge < -0.3 is 15.5 Å². The van der Waals surface area contributed by atoms with Gasteiger partial charge in [-0.1, -0.05) is 36.4 Å². The van der Waals surface area contributed by atoms with Crippen LogP contribution in [0.15, 0.2) is 179 Å². The second kappa shape index (κ2) is 16.7. The van der Waals surface area contributed by atoms with E-state index in [1.54, 1.807) is 48.5 Å². The molecule has 7 aromatic rings. The molecule has 0 bridgehead atoms. The Kier molecular flexibility index (Phi) is 11.2. The van der Waals surface area contributed by atoms with Crippen molar-refractivity contribution < 1.29 is 23.2 Å². The van der Waals surface area contributed by atoms with Crippen molar-refractivity contribution in [3.63, 3.8) is 0 Å². The maximum atomic E-state index is 11.7. The van der Waals surface area contributed by atoms with Crippen LogP contribution in [-0.2, 0) is 10.1 Å². The summed E-state index contributed by atoms with van der Waals surface area (Å²) >= 11 is 0.